The Hall–Kier alpha value is -7.21. The summed E-state index contributed by atoms with van der Waals surface area (Å²) in [6.07, 6.45) is 9.20. The second-order valence-electron chi connectivity index (χ2n) is 14.5. The van der Waals surface area contributed by atoms with E-state index in [1.807, 2.05) is 82.3 Å². The second kappa shape index (κ2) is 13.7. The molecule has 7 nitrogen and oxygen atoms in total. The van der Waals surface area contributed by atoms with Gasteiger partial charge in [-0.05, 0) is 59.6 Å². The van der Waals surface area contributed by atoms with Crippen LogP contribution in [0.3, 0.4) is 0 Å². The van der Waals surface area contributed by atoms with E-state index in [9.17, 15) is 0 Å². The van der Waals surface area contributed by atoms with Crippen LogP contribution in [0.5, 0.6) is 11.5 Å². The molecule has 0 saturated carbocycles. The van der Waals surface area contributed by atoms with E-state index in [1.54, 1.807) is 0 Å². The summed E-state index contributed by atoms with van der Waals surface area (Å²) in [6.45, 7) is 0. The minimum absolute atomic E-state index is 0. The van der Waals surface area contributed by atoms with Gasteiger partial charge in [0.05, 0.1) is 27.8 Å². The summed E-state index contributed by atoms with van der Waals surface area (Å²) in [6, 6.07) is 61.7. The Bertz CT molecular complexity index is 3550. The summed E-state index contributed by atoms with van der Waals surface area (Å²) >= 11 is 0. The van der Waals surface area contributed by atoms with Gasteiger partial charge in [-0.25, -0.2) is 4.98 Å². The van der Waals surface area contributed by atoms with Crippen LogP contribution in [-0.2, 0) is 28.1 Å². The summed E-state index contributed by atoms with van der Waals surface area (Å²) < 4.78 is 17.6. The maximum absolute atomic E-state index is 6.63. The topological polar surface area (TPSA) is 45.7 Å². The van der Waals surface area contributed by atoms with Crippen molar-refractivity contribution in [2.24, 2.45) is 7.05 Å². The average Bonchev–Trinajstić information content (AvgIpc) is 4.05. The monoisotopic (exact) mass is 939 g/mol. The second-order valence-corrected chi connectivity index (χ2v) is 14.5. The molecular formula is C51H32N6OPt-2. The molecule has 59 heavy (non-hydrogen) atoms. The maximum Gasteiger partial charge on any atom is 0.267 e. The van der Waals surface area contributed by atoms with Crippen LogP contribution in [0, 0.1) is 18.5 Å². The normalized spacial score (nSPS) is 11.7. The molecule has 5 aromatic heterocycles. The van der Waals surface area contributed by atoms with E-state index in [4.69, 9.17) is 9.72 Å². The van der Waals surface area contributed by atoms with Crippen molar-refractivity contribution < 1.29 is 30.4 Å². The largest absolute Gasteiger partial charge is 0.510 e. The van der Waals surface area contributed by atoms with Crippen molar-refractivity contribution in [1.82, 2.24) is 23.3 Å². The molecule has 0 fully saturated rings. The fourth-order valence-electron chi connectivity index (χ4n) is 8.87. The smallest absolute Gasteiger partial charge is 0.267 e. The average molecular weight is 940 g/mol. The standard InChI is InChI=1S/C51H32N6O.Pt/c1-53-42-23-10-8-21-39(42)46-49(53)47-40-22-9-11-24-43(40)56(35-17-6-3-7-18-35)50(47)48-41-27-26-38(32-44(41)57(51(46)48)45-25-12-13-28-52-45)58-37-20-14-19-36(31-37)55-30-29-54(33-55)34-15-4-2-5-16-34;/h2-30H,1H3;/q-2;. The number of pyridine rings is 1. The molecule has 0 amide bonds. The first kappa shape index (κ1) is 35.0. The Labute approximate surface area is 353 Å². The number of ether oxygens (including phenoxy) is 1. The zero-order valence-corrected chi connectivity index (χ0v) is 33.9. The molecule has 0 spiro atoms. The van der Waals surface area contributed by atoms with Crippen molar-refractivity contribution in [1.29, 1.82) is 0 Å². The third-order valence-electron chi connectivity index (χ3n) is 11.3. The van der Waals surface area contributed by atoms with Crippen LogP contribution >= 0.6 is 0 Å². The minimum atomic E-state index is 0. The van der Waals surface area contributed by atoms with E-state index < -0.39 is 0 Å². The van der Waals surface area contributed by atoms with Gasteiger partial charge in [0, 0.05) is 91.0 Å². The number of para-hydroxylation sites is 4. The van der Waals surface area contributed by atoms with Crippen molar-refractivity contribution in [2.45, 2.75) is 0 Å². The number of aromatic nitrogens is 6. The SMILES string of the molecule is Cn1c2ccccc2c2c1c1c3ccccc3n(-c3ccccc3)c1c1c3ccc(Oc4[c-]c(-[n+]5[c-]n(-c6ccccc6)cc5)ccc4)[c-]c3n(-c3ccccn3)c21.[Pt]. The molecule has 12 rings (SSSR count). The molecule has 0 saturated heterocycles. The van der Waals surface area contributed by atoms with Gasteiger partial charge >= 0.3 is 0 Å². The molecule has 0 aliphatic rings. The predicted molar refractivity (Wildman–Crippen MR) is 231 cm³/mol. The summed E-state index contributed by atoms with van der Waals surface area (Å²) in [5.74, 6) is 1.95. The Kier molecular flexibility index (Phi) is 8.14. The Morgan fingerprint density at radius 2 is 1.19 bits per heavy atom. The summed E-state index contributed by atoms with van der Waals surface area (Å²) in [7, 11) is 2.19. The van der Waals surface area contributed by atoms with E-state index in [0.717, 1.165) is 55.7 Å². The number of nitrogens with zero attached hydrogens (tertiary/aromatic N) is 6. The third-order valence-corrected chi connectivity index (χ3v) is 11.3. The predicted octanol–water partition coefficient (Wildman–Crippen LogP) is 11.2. The van der Waals surface area contributed by atoms with Gasteiger partial charge in [-0.3, -0.25) is 4.57 Å². The number of hydrogen-bond donors (Lipinski definition) is 0. The number of aryl methyl sites for hydroxylation is 1. The van der Waals surface area contributed by atoms with Crippen molar-refractivity contribution >= 4 is 65.4 Å². The van der Waals surface area contributed by atoms with E-state index >= 15 is 0 Å². The van der Waals surface area contributed by atoms with Gasteiger partial charge < -0.3 is 23.0 Å². The molecular weight excluding hydrogens is 908 g/mol. The van der Waals surface area contributed by atoms with Gasteiger partial charge in [-0.1, -0.05) is 89.8 Å². The maximum atomic E-state index is 6.63. The summed E-state index contributed by atoms with van der Waals surface area (Å²) in [5.41, 5.74) is 9.51. The van der Waals surface area contributed by atoms with Crippen molar-refractivity contribution in [3.05, 3.63) is 195 Å². The molecule has 7 aromatic carbocycles. The first-order chi connectivity index (χ1) is 28.7. The molecule has 0 aliphatic heterocycles. The van der Waals surface area contributed by atoms with E-state index in [-0.39, 0.29) is 21.1 Å². The third kappa shape index (κ3) is 5.32. The molecule has 0 radical (unpaired) electrons. The number of imidazole rings is 1. The minimum Gasteiger partial charge on any atom is -0.510 e. The van der Waals surface area contributed by atoms with Crippen LogP contribution in [0.15, 0.2) is 176 Å². The molecule has 8 heteroatoms. The van der Waals surface area contributed by atoms with Crippen molar-refractivity contribution in [3.8, 4) is 34.4 Å². The van der Waals surface area contributed by atoms with Crippen molar-refractivity contribution in [3.63, 3.8) is 0 Å². The van der Waals surface area contributed by atoms with E-state index in [1.165, 1.54) is 32.6 Å². The zero-order valence-electron chi connectivity index (χ0n) is 31.7. The van der Waals surface area contributed by atoms with Crippen LogP contribution in [0.4, 0.5) is 0 Å². The molecule has 0 atom stereocenters. The number of hydrogen-bond acceptors (Lipinski definition) is 2. The van der Waals surface area contributed by atoms with Gasteiger partial charge in [0.15, 0.2) is 0 Å². The quantitative estimate of drug-likeness (QED) is 0.123. The Morgan fingerprint density at radius 1 is 0.542 bits per heavy atom. The Morgan fingerprint density at radius 3 is 1.95 bits per heavy atom. The van der Waals surface area contributed by atoms with E-state index in [2.05, 4.69) is 142 Å². The first-order valence-corrected chi connectivity index (χ1v) is 19.3. The van der Waals surface area contributed by atoms with E-state index in [0.29, 0.717) is 11.5 Å². The van der Waals surface area contributed by atoms with Gasteiger partial charge in [0.2, 0.25) is 0 Å². The fourth-order valence-corrected chi connectivity index (χ4v) is 8.87. The van der Waals surface area contributed by atoms with Gasteiger partial charge in [-0.2, -0.15) is 18.2 Å². The number of benzene rings is 7. The van der Waals surface area contributed by atoms with Crippen molar-refractivity contribution in [2.75, 3.05) is 0 Å². The van der Waals surface area contributed by atoms with Crippen LogP contribution < -0.4 is 9.30 Å². The van der Waals surface area contributed by atoms with Crippen LogP contribution in [-0.4, -0.2) is 23.3 Å². The Balaban J connectivity index is 0.00000397. The molecule has 0 aliphatic carbocycles. The van der Waals surface area contributed by atoms with Gasteiger partial charge in [-0.15, -0.1) is 24.3 Å². The molecule has 0 bridgehead atoms. The van der Waals surface area contributed by atoms with Crippen LogP contribution in [0.2, 0.25) is 0 Å². The zero-order chi connectivity index (χ0) is 38.3. The fraction of sp³-hybridized carbons (Fsp3) is 0.0196. The van der Waals surface area contributed by atoms with Gasteiger partial charge in [0.1, 0.15) is 5.82 Å². The summed E-state index contributed by atoms with van der Waals surface area (Å²) in [5, 5.41) is 6.95. The molecule has 0 unspecified atom stereocenters. The van der Waals surface area contributed by atoms with Crippen LogP contribution in [0.1, 0.15) is 0 Å². The number of rotatable bonds is 6. The molecule has 0 N–H and O–H groups in total. The van der Waals surface area contributed by atoms with Crippen LogP contribution in [0.25, 0.3) is 88.3 Å². The molecule has 5 heterocycles. The molecule has 284 valence electrons. The number of fused-ring (bicyclic) bond motifs is 12. The molecule has 12 aromatic rings. The van der Waals surface area contributed by atoms with Gasteiger partial charge in [0.25, 0.3) is 6.33 Å². The summed E-state index contributed by atoms with van der Waals surface area (Å²) in [4.78, 5) is 4.98. The first-order valence-electron chi connectivity index (χ1n) is 19.3.